The van der Waals surface area contributed by atoms with Crippen molar-refractivity contribution in [2.24, 2.45) is 0 Å². The largest absolute Gasteiger partial charge is 0.462 e. The van der Waals surface area contributed by atoms with Gasteiger partial charge in [-0.25, -0.2) is 4.79 Å². The molecule has 3 aromatic rings. The first-order valence-corrected chi connectivity index (χ1v) is 11.2. The van der Waals surface area contributed by atoms with Crippen molar-refractivity contribution in [3.63, 3.8) is 0 Å². The number of anilines is 3. The van der Waals surface area contributed by atoms with Crippen molar-refractivity contribution < 1.29 is 23.9 Å². The number of esters is 1. The third kappa shape index (κ3) is 5.22. The van der Waals surface area contributed by atoms with Gasteiger partial charge in [-0.2, -0.15) is 0 Å². The van der Waals surface area contributed by atoms with Crippen LogP contribution >= 0.6 is 0 Å². The van der Waals surface area contributed by atoms with E-state index in [-0.39, 0.29) is 18.9 Å². The van der Waals surface area contributed by atoms with Gasteiger partial charge in [0.15, 0.2) is 0 Å². The van der Waals surface area contributed by atoms with Crippen molar-refractivity contribution in [1.29, 1.82) is 0 Å². The first-order valence-electron chi connectivity index (χ1n) is 11.2. The van der Waals surface area contributed by atoms with Crippen molar-refractivity contribution in [2.45, 2.75) is 26.3 Å². The molecule has 0 bridgehead atoms. The molecular weight excluding hydrogens is 446 g/mol. The van der Waals surface area contributed by atoms with E-state index >= 15 is 0 Å². The summed E-state index contributed by atoms with van der Waals surface area (Å²) >= 11 is 0. The van der Waals surface area contributed by atoms with Gasteiger partial charge in [0.2, 0.25) is 11.8 Å². The Balaban J connectivity index is 1.56. The molecule has 35 heavy (non-hydrogen) atoms. The van der Waals surface area contributed by atoms with Crippen LogP contribution in [0.25, 0.3) is 0 Å². The number of hydrogen-bond acceptors (Lipinski definition) is 5. The summed E-state index contributed by atoms with van der Waals surface area (Å²) in [5.74, 6) is -1.72. The van der Waals surface area contributed by atoms with Crippen LogP contribution in [0, 0.1) is 6.92 Å². The van der Waals surface area contributed by atoms with Gasteiger partial charge in [0.1, 0.15) is 6.04 Å². The molecule has 0 radical (unpaired) electrons. The summed E-state index contributed by atoms with van der Waals surface area (Å²) in [6.45, 7) is 3.91. The summed E-state index contributed by atoms with van der Waals surface area (Å²) < 4.78 is 4.96. The predicted octanol–water partition coefficient (Wildman–Crippen LogP) is 4.17. The molecular formula is C27H25N3O5. The fourth-order valence-electron chi connectivity index (χ4n) is 3.85. The van der Waals surface area contributed by atoms with Crippen molar-refractivity contribution in [3.8, 4) is 0 Å². The predicted molar refractivity (Wildman–Crippen MR) is 132 cm³/mol. The van der Waals surface area contributed by atoms with Crippen LogP contribution < -0.4 is 15.5 Å². The molecule has 1 heterocycles. The van der Waals surface area contributed by atoms with Crippen LogP contribution in [0.4, 0.5) is 17.1 Å². The number of fused-ring (bicyclic) bond motifs is 1. The third-order valence-corrected chi connectivity index (χ3v) is 5.61. The second kappa shape index (κ2) is 10.2. The molecule has 0 aliphatic carbocycles. The summed E-state index contributed by atoms with van der Waals surface area (Å²) in [4.78, 5) is 52.6. The Morgan fingerprint density at radius 3 is 2.29 bits per heavy atom. The molecule has 0 fully saturated rings. The lowest BCUT2D eigenvalue weighted by atomic mass is 10.0. The molecule has 1 aliphatic heterocycles. The van der Waals surface area contributed by atoms with E-state index in [0.29, 0.717) is 28.2 Å². The van der Waals surface area contributed by atoms with Crippen molar-refractivity contribution >= 4 is 40.8 Å². The summed E-state index contributed by atoms with van der Waals surface area (Å²) in [5.41, 5.74) is 3.26. The fraction of sp³-hybridized carbons (Fsp3) is 0.185. The number of para-hydroxylation sites is 2. The van der Waals surface area contributed by atoms with E-state index in [0.717, 1.165) is 5.56 Å². The Morgan fingerprint density at radius 1 is 0.943 bits per heavy atom. The van der Waals surface area contributed by atoms with Crippen LogP contribution in [0.5, 0.6) is 0 Å². The van der Waals surface area contributed by atoms with Crippen LogP contribution in [-0.2, 0) is 14.3 Å². The van der Waals surface area contributed by atoms with Crippen LogP contribution in [0.2, 0.25) is 0 Å². The summed E-state index contributed by atoms with van der Waals surface area (Å²) in [7, 11) is 0. The molecule has 4 rings (SSSR count). The average Bonchev–Trinajstić information content (AvgIpc) is 2.85. The number of aryl methyl sites for hydroxylation is 1. The number of amides is 3. The minimum absolute atomic E-state index is 0.253. The second-order valence-electron chi connectivity index (χ2n) is 8.11. The molecule has 3 aromatic carbocycles. The van der Waals surface area contributed by atoms with Crippen LogP contribution in [-0.4, -0.2) is 36.3 Å². The van der Waals surface area contributed by atoms with Gasteiger partial charge in [0.05, 0.1) is 30.0 Å². The molecule has 1 aliphatic rings. The van der Waals surface area contributed by atoms with Gasteiger partial charge in [-0.05, 0) is 62.4 Å². The maximum absolute atomic E-state index is 13.5. The minimum Gasteiger partial charge on any atom is -0.462 e. The van der Waals surface area contributed by atoms with E-state index in [9.17, 15) is 19.2 Å². The molecule has 8 heteroatoms. The molecule has 0 saturated heterocycles. The molecule has 1 atom stereocenters. The monoisotopic (exact) mass is 471 g/mol. The highest BCUT2D eigenvalue weighted by molar-refractivity contribution is 6.17. The normalized spacial score (nSPS) is 14.5. The highest BCUT2D eigenvalue weighted by atomic mass is 16.5. The molecule has 8 nitrogen and oxygen atoms in total. The highest BCUT2D eigenvalue weighted by Crippen LogP contribution is 2.34. The van der Waals surface area contributed by atoms with Gasteiger partial charge >= 0.3 is 5.97 Å². The summed E-state index contributed by atoms with van der Waals surface area (Å²) in [5, 5.41) is 5.52. The lowest BCUT2D eigenvalue weighted by Crippen LogP contribution is -2.52. The second-order valence-corrected chi connectivity index (χ2v) is 8.11. The number of hydrogen-bond donors (Lipinski definition) is 2. The topological polar surface area (TPSA) is 105 Å². The standard InChI is InChI=1S/C27H25N3O5/c1-3-35-27(34)19-12-14-20(15-13-19)28-24(31)16-23-25(32)29-21-6-4-5-7-22(21)30(23)26(33)18-10-8-17(2)9-11-18/h4-15,23H,3,16H2,1-2H3,(H,28,31)(H,29,32)/t23-/m0/s1. The van der Waals surface area contributed by atoms with Crippen LogP contribution in [0.15, 0.2) is 72.8 Å². The Hall–Kier alpha value is -4.46. The zero-order valence-electron chi connectivity index (χ0n) is 19.4. The highest BCUT2D eigenvalue weighted by Gasteiger charge is 2.38. The van der Waals surface area contributed by atoms with E-state index < -0.39 is 23.8 Å². The Bertz CT molecular complexity index is 1270. The van der Waals surface area contributed by atoms with Gasteiger partial charge in [-0.1, -0.05) is 29.8 Å². The molecule has 3 amide bonds. The lowest BCUT2D eigenvalue weighted by molar-refractivity contribution is -0.122. The molecule has 178 valence electrons. The summed E-state index contributed by atoms with van der Waals surface area (Å²) in [6, 6.07) is 19.2. The van der Waals surface area contributed by atoms with Crippen LogP contribution in [0.3, 0.4) is 0 Å². The van der Waals surface area contributed by atoms with Crippen molar-refractivity contribution in [2.75, 3.05) is 22.1 Å². The Kier molecular flexibility index (Phi) is 6.91. The van der Waals surface area contributed by atoms with Gasteiger partial charge in [-0.15, -0.1) is 0 Å². The Labute approximate surface area is 202 Å². The van der Waals surface area contributed by atoms with Gasteiger partial charge in [-0.3, -0.25) is 19.3 Å². The SMILES string of the molecule is CCOC(=O)c1ccc(NC(=O)C[C@H]2C(=O)Nc3ccccc3N2C(=O)c2ccc(C)cc2)cc1. The summed E-state index contributed by atoms with van der Waals surface area (Å²) in [6.07, 6.45) is -0.253. The van der Waals surface area contributed by atoms with E-state index in [4.69, 9.17) is 4.74 Å². The quantitative estimate of drug-likeness (QED) is 0.525. The van der Waals surface area contributed by atoms with Gasteiger partial charge in [0.25, 0.3) is 5.91 Å². The van der Waals surface area contributed by atoms with E-state index in [1.165, 1.54) is 4.90 Å². The fourth-order valence-corrected chi connectivity index (χ4v) is 3.85. The number of benzene rings is 3. The molecule has 0 spiro atoms. The number of carbonyl (C=O) groups excluding carboxylic acids is 4. The zero-order valence-corrected chi connectivity index (χ0v) is 19.4. The smallest absolute Gasteiger partial charge is 0.338 e. The minimum atomic E-state index is -1.04. The number of carbonyl (C=O) groups is 4. The number of nitrogens with one attached hydrogen (secondary N) is 2. The maximum Gasteiger partial charge on any atom is 0.338 e. The van der Waals surface area contributed by atoms with Crippen molar-refractivity contribution in [1.82, 2.24) is 0 Å². The first kappa shape index (κ1) is 23.7. The van der Waals surface area contributed by atoms with Gasteiger partial charge < -0.3 is 15.4 Å². The average molecular weight is 472 g/mol. The van der Waals surface area contributed by atoms with Crippen molar-refractivity contribution in [3.05, 3.63) is 89.5 Å². The van der Waals surface area contributed by atoms with Gasteiger partial charge in [0, 0.05) is 11.3 Å². The maximum atomic E-state index is 13.5. The number of ether oxygens (including phenoxy) is 1. The lowest BCUT2D eigenvalue weighted by Gasteiger charge is -2.36. The molecule has 0 unspecified atom stereocenters. The van der Waals surface area contributed by atoms with E-state index in [2.05, 4.69) is 10.6 Å². The van der Waals surface area contributed by atoms with Crippen LogP contribution in [0.1, 0.15) is 39.6 Å². The third-order valence-electron chi connectivity index (χ3n) is 5.61. The number of nitrogens with zero attached hydrogens (tertiary/aromatic N) is 1. The Morgan fingerprint density at radius 2 is 1.60 bits per heavy atom. The van der Waals surface area contributed by atoms with E-state index in [1.54, 1.807) is 67.6 Å². The molecule has 0 saturated carbocycles. The number of rotatable bonds is 6. The van der Waals surface area contributed by atoms with E-state index in [1.807, 2.05) is 19.1 Å². The first-order chi connectivity index (χ1) is 16.9. The zero-order chi connectivity index (χ0) is 24.9. The molecule has 2 N–H and O–H groups in total. The molecule has 0 aromatic heterocycles.